The highest BCUT2D eigenvalue weighted by Gasteiger charge is 2.27. The zero-order valence-corrected chi connectivity index (χ0v) is 17.9. The van der Waals surface area contributed by atoms with Crippen LogP contribution in [0.15, 0.2) is 48.5 Å². The summed E-state index contributed by atoms with van der Waals surface area (Å²) in [5.74, 6) is -0.528. The van der Waals surface area contributed by atoms with Gasteiger partial charge in [0.15, 0.2) is 0 Å². The number of hydrogen-bond acceptors (Lipinski definition) is 2. The Hall–Kier alpha value is -2.55. The molecule has 2 N–H and O–H groups in total. The molecule has 1 heterocycles. The first-order chi connectivity index (χ1) is 13.9. The van der Waals surface area contributed by atoms with Crippen LogP contribution in [0.4, 0.5) is 5.69 Å². The highest BCUT2D eigenvalue weighted by molar-refractivity contribution is 5.87. The van der Waals surface area contributed by atoms with E-state index in [4.69, 9.17) is 5.11 Å². The van der Waals surface area contributed by atoms with Crippen molar-refractivity contribution in [2.45, 2.75) is 64.2 Å². The summed E-state index contributed by atoms with van der Waals surface area (Å²) in [6.45, 7) is 7.91. The summed E-state index contributed by atoms with van der Waals surface area (Å²) in [7, 11) is 0. The Labute approximate surface area is 174 Å². The molecule has 0 aromatic heterocycles. The lowest BCUT2D eigenvalue weighted by atomic mass is 9.77. The highest BCUT2D eigenvalue weighted by Crippen LogP contribution is 2.39. The van der Waals surface area contributed by atoms with Crippen molar-refractivity contribution in [2.24, 2.45) is 0 Å². The smallest absolute Gasteiger partial charge is 0.335 e. The number of unbranched alkanes of at least 4 members (excludes halogenated alkanes) is 2. The number of benzene rings is 2. The van der Waals surface area contributed by atoms with Gasteiger partial charge in [-0.15, -0.1) is 0 Å². The molecule has 0 aliphatic carbocycles. The summed E-state index contributed by atoms with van der Waals surface area (Å²) in [6, 6.07) is 14.0. The molecule has 0 amide bonds. The molecule has 1 aliphatic heterocycles. The average Bonchev–Trinajstić information content (AvgIpc) is 2.70. The van der Waals surface area contributed by atoms with Gasteiger partial charge in [0.2, 0.25) is 0 Å². The normalized spacial score (nSPS) is 16.2. The number of carboxylic acids is 1. The predicted octanol–water partition coefficient (Wildman–Crippen LogP) is 6.86. The van der Waals surface area contributed by atoms with Gasteiger partial charge < -0.3 is 10.4 Å². The van der Waals surface area contributed by atoms with Crippen LogP contribution in [-0.2, 0) is 5.41 Å². The first-order valence-electron chi connectivity index (χ1n) is 10.8. The lowest BCUT2D eigenvalue weighted by molar-refractivity contribution is 0.0697. The molecule has 2 aromatic rings. The van der Waals surface area contributed by atoms with Gasteiger partial charge in [0.25, 0.3) is 0 Å². The molecule has 0 bridgehead atoms. The first kappa shape index (κ1) is 21.2. The van der Waals surface area contributed by atoms with Gasteiger partial charge >= 0.3 is 5.97 Å². The third-order valence-electron chi connectivity index (χ3n) is 6.06. The Morgan fingerprint density at radius 3 is 2.62 bits per heavy atom. The maximum Gasteiger partial charge on any atom is 0.335 e. The topological polar surface area (TPSA) is 49.3 Å². The first-order valence-corrected chi connectivity index (χ1v) is 10.8. The molecule has 0 spiro atoms. The van der Waals surface area contributed by atoms with E-state index in [1.807, 2.05) is 12.1 Å². The van der Waals surface area contributed by atoms with E-state index in [9.17, 15) is 4.79 Å². The Morgan fingerprint density at radius 2 is 1.93 bits per heavy atom. The summed E-state index contributed by atoms with van der Waals surface area (Å²) in [4.78, 5) is 11.0. The number of carboxylic acid groups (broad SMARTS) is 1. The monoisotopic (exact) mass is 391 g/mol. The second kappa shape index (κ2) is 9.30. The zero-order valence-electron chi connectivity index (χ0n) is 17.9. The number of allylic oxidation sites excluding steroid dienone is 1. The molecular weight excluding hydrogens is 358 g/mol. The van der Waals surface area contributed by atoms with Crippen molar-refractivity contribution in [3.63, 3.8) is 0 Å². The maximum absolute atomic E-state index is 11.0. The highest BCUT2D eigenvalue weighted by atomic mass is 16.4. The maximum atomic E-state index is 11.0. The molecule has 0 saturated carbocycles. The van der Waals surface area contributed by atoms with Gasteiger partial charge in [-0.3, -0.25) is 0 Å². The number of rotatable bonds is 8. The molecule has 154 valence electrons. The molecule has 3 heteroatoms. The molecule has 2 aromatic carbocycles. The van der Waals surface area contributed by atoms with Crippen LogP contribution in [0.1, 0.15) is 85.8 Å². The van der Waals surface area contributed by atoms with Crippen LogP contribution in [0, 0.1) is 0 Å². The minimum atomic E-state index is -0.887. The fourth-order valence-electron chi connectivity index (χ4n) is 4.13. The largest absolute Gasteiger partial charge is 0.478 e. The summed E-state index contributed by atoms with van der Waals surface area (Å²) >= 11 is 0. The minimum absolute atomic E-state index is 0.221. The van der Waals surface area contributed by atoms with Crippen molar-refractivity contribution in [1.29, 1.82) is 0 Å². The van der Waals surface area contributed by atoms with Crippen LogP contribution in [-0.4, -0.2) is 17.6 Å². The van der Waals surface area contributed by atoms with Crippen LogP contribution >= 0.6 is 0 Å². The van der Waals surface area contributed by atoms with E-state index in [0.717, 1.165) is 24.9 Å². The number of hydrogen-bond donors (Lipinski definition) is 2. The van der Waals surface area contributed by atoms with E-state index in [1.165, 1.54) is 36.1 Å². The number of fused-ring (bicyclic) bond motifs is 1. The van der Waals surface area contributed by atoms with Gasteiger partial charge in [-0.05, 0) is 53.1 Å². The van der Waals surface area contributed by atoms with E-state index >= 15 is 0 Å². The molecule has 3 rings (SSSR count). The van der Waals surface area contributed by atoms with Gasteiger partial charge in [-0.2, -0.15) is 0 Å². The molecular formula is C26H33NO2. The quantitative estimate of drug-likeness (QED) is 0.483. The molecule has 3 nitrogen and oxygen atoms in total. The van der Waals surface area contributed by atoms with Crippen LogP contribution in [0.5, 0.6) is 0 Å². The second-order valence-corrected chi connectivity index (χ2v) is 8.75. The fraction of sp³-hybridized carbons (Fsp3) is 0.423. The standard InChI is InChI=1S/C26H33NO2/c1-4-5-6-7-20(11-8-19-9-12-21(13-10-19)25(28)29)22-14-15-23-24(18-22)27-17-16-26(23,2)3/h8-15,18,20,27H,4-7,16-17H2,1-3H3,(H,28,29)/b11-8+. The summed E-state index contributed by atoms with van der Waals surface area (Å²) in [5, 5.41) is 12.7. The summed E-state index contributed by atoms with van der Waals surface area (Å²) < 4.78 is 0. The van der Waals surface area contributed by atoms with Crippen LogP contribution in [0.25, 0.3) is 6.08 Å². The van der Waals surface area contributed by atoms with Crippen molar-refractivity contribution in [1.82, 2.24) is 0 Å². The molecule has 0 radical (unpaired) electrons. The van der Waals surface area contributed by atoms with E-state index in [-0.39, 0.29) is 5.41 Å². The Balaban J connectivity index is 1.84. The van der Waals surface area contributed by atoms with Crippen LogP contribution in [0.3, 0.4) is 0 Å². The van der Waals surface area contributed by atoms with Crippen molar-refractivity contribution >= 4 is 17.7 Å². The Morgan fingerprint density at radius 1 is 1.17 bits per heavy atom. The molecule has 29 heavy (non-hydrogen) atoms. The molecule has 0 saturated heterocycles. The number of anilines is 1. The second-order valence-electron chi connectivity index (χ2n) is 8.75. The van der Waals surface area contributed by atoms with Crippen molar-refractivity contribution < 1.29 is 9.90 Å². The SMILES string of the molecule is CCCCCC(/C=C/c1ccc(C(=O)O)cc1)c1ccc2c(c1)NCCC2(C)C. The lowest BCUT2D eigenvalue weighted by Crippen LogP contribution is -2.28. The Kier molecular flexibility index (Phi) is 6.79. The minimum Gasteiger partial charge on any atom is -0.478 e. The number of nitrogens with one attached hydrogen (secondary N) is 1. The van der Waals surface area contributed by atoms with E-state index in [2.05, 4.69) is 56.4 Å². The third-order valence-corrected chi connectivity index (χ3v) is 6.06. The summed E-state index contributed by atoms with van der Waals surface area (Å²) in [6.07, 6.45) is 10.4. The fourth-order valence-corrected chi connectivity index (χ4v) is 4.13. The van der Waals surface area contributed by atoms with E-state index in [1.54, 1.807) is 12.1 Å². The number of aromatic carboxylic acids is 1. The van der Waals surface area contributed by atoms with Gasteiger partial charge in [0, 0.05) is 18.2 Å². The predicted molar refractivity (Wildman–Crippen MR) is 122 cm³/mol. The molecule has 1 aliphatic rings. The summed E-state index contributed by atoms with van der Waals surface area (Å²) in [5.41, 5.74) is 5.62. The van der Waals surface area contributed by atoms with Crippen LogP contribution < -0.4 is 5.32 Å². The van der Waals surface area contributed by atoms with Crippen molar-refractivity contribution in [2.75, 3.05) is 11.9 Å². The van der Waals surface area contributed by atoms with Crippen molar-refractivity contribution in [3.05, 3.63) is 70.8 Å². The van der Waals surface area contributed by atoms with Crippen molar-refractivity contribution in [3.8, 4) is 0 Å². The average molecular weight is 392 g/mol. The number of carbonyl (C=O) groups is 1. The molecule has 1 atom stereocenters. The van der Waals surface area contributed by atoms with E-state index in [0.29, 0.717) is 11.5 Å². The van der Waals surface area contributed by atoms with E-state index < -0.39 is 5.97 Å². The molecule has 1 unspecified atom stereocenters. The third kappa shape index (κ3) is 5.29. The zero-order chi connectivity index (χ0) is 20.9. The lowest BCUT2D eigenvalue weighted by Gasteiger charge is -2.34. The van der Waals surface area contributed by atoms with Gasteiger partial charge in [0.05, 0.1) is 5.56 Å². The van der Waals surface area contributed by atoms with Crippen LogP contribution in [0.2, 0.25) is 0 Å². The van der Waals surface area contributed by atoms with Gasteiger partial charge in [-0.25, -0.2) is 4.79 Å². The van der Waals surface area contributed by atoms with Gasteiger partial charge in [0.1, 0.15) is 0 Å². The molecule has 0 fully saturated rings. The Bertz CT molecular complexity index is 865. The van der Waals surface area contributed by atoms with Gasteiger partial charge in [-0.1, -0.05) is 76.5 Å².